The maximum Gasteiger partial charge on any atom is 0.249 e. The summed E-state index contributed by atoms with van der Waals surface area (Å²) < 4.78 is 32.2. The summed E-state index contributed by atoms with van der Waals surface area (Å²) in [5, 5.41) is 17.3. The van der Waals surface area contributed by atoms with Gasteiger partial charge in [-0.2, -0.15) is 5.26 Å². The third-order valence-electron chi connectivity index (χ3n) is 4.63. The fourth-order valence-electron chi connectivity index (χ4n) is 3.26. The molecule has 1 aromatic rings. The summed E-state index contributed by atoms with van der Waals surface area (Å²) in [5.74, 6) is -2.83. The Balaban J connectivity index is 1.84. The first-order chi connectivity index (χ1) is 14.3. The van der Waals surface area contributed by atoms with Crippen molar-refractivity contribution in [3.05, 3.63) is 70.3 Å². The Morgan fingerprint density at radius 3 is 2.87 bits per heavy atom. The van der Waals surface area contributed by atoms with Gasteiger partial charge >= 0.3 is 0 Å². The first-order valence-electron chi connectivity index (χ1n) is 8.91. The molecule has 0 aliphatic carbocycles. The minimum atomic E-state index is -0.981. The van der Waals surface area contributed by atoms with Crippen LogP contribution in [-0.4, -0.2) is 30.5 Å². The van der Waals surface area contributed by atoms with Gasteiger partial charge in [-0.05, 0) is 18.6 Å². The molecule has 0 fully saturated rings. The van der Waals surface area contributed by atoms with Crippen LogP contribution in [-0.2, 0) is 14.3 Å². The number of carbonyl (C=O) groups is 2. The van der Waals surface area contributed by atoms with E-state index in [0.717, 1.165) is 6.20 Å². The van der Waals surface area contributed by atoms with Gasteiger partial charge in [0.05, 0.1) is 25.3 Å². The number of amides is 2. The number of fused-ring (bicyclic) bond motifs is 1. The number of methoxy groups -OCH3 is 1. The summed E-state index contributed by atoms with van der Waals surface area (Å²) in [6.45, 7) is 1.53. The molecule has 3 heterocycles. The Labute approximate surface area is 171 Å². The predicted molar refractivity (Wildman–Crippen MR) is 101 cm³/mol. The van der Waals surface area contributed by atoms with E-state index in [1.54, 1.807) is 13.0 Å². The molecule has 0 spiro atoms. The third kappa shape index (κ3) is 4.21. The zero-order chi connectivity index (χ0) is 21.8. The van der Waals surface area contributed by atoms with Gasteiger partial charge in [0.25, 0.3) is 0 Å². The van der Waals surface area contributed by atoms with E-state index in [4.69, 9.17) is 4.74 Å². The van der Waals surface area contributed by atoms with E-state index in [2.05, 4.69) is 20.9 Å². The van der Waals surface area contributed by atoms with Gasteiger partial charge in [-0.3, -0.25) is 14.6 Å². The lowest BCUT2D eigenvalue weighted by Crippen LogP contribution is -2.40. The topological polar surface area (TPSA) is 116 Å². The Bertz CT molecular complexity index is 1030. The molecule has 0 saturated heterocycles. The van der Waals surface area contributed by atoms with E-state index in [1.165, 1.54) is 13.3 Å². The summed E-state index contributed by atoms with van der Waals surface area (Å²) >= 11 is 0. The summed E-state index contributed by atoms with van der Waals surface area (Å²) in [4.78, 5) is 28.8. The van der Waals surface area contributed by atoms with Crippen LogP contribution in [0.3, 0.4) is 0 Å². The highest BCUT2D eigenvalue weighted by atomic mass is 19.1. The second-order valence-electron chi connectivity index (χ2n) is 6.58. The summed E-state index contributed by atoms with van der Waals surface area (Å²) in [6, 6.07) is 2.16. The van der Waals surface area contributed by atoms with Crippen molar-refractivity contribution in [3.8, 4) is 6.07 Å². The first kappa shape index (κ1) is 21.1. The van der Waals surface area contributed by atoms with Crippen LogP contribution < -0.4 is 16.0 Å². The number of hydrogen-bond acceptors (Lipinski definition) is 6. The molecule has 1 aromatic heterocycles. The molecule has 30 heavy (non-hydrogen) atoms. The third-order valence-corrected chi connectivity index (χ3v) is 4.63. The van der Waals surface area contributed by atoms with Crippen LogP contribution >= 0.6 is 0 Å². The average Bonchev–Trinajstić information content (AvgIpc) is 2.70. The average molecular weight is 414 g/mol. The molecular weight excluding hydrogens is 396 g/mol. The van der Waals surface area contributed by atoms with Gasteiger partial charge in [0.15, 0.2) is 0 Å². The lowest BCUT2D eigenvalue weighted by Gasteiger charge is -2.30. The second kappa shape index (κ2) is 8.84. The Morgan fingerprint density at radius 2 is 2.20 bits per heavy atom. The maximum atomic E-state index is 14.1. The molecule has 1 radical (unpaired) electrons. The largest absolute Gasteiger partial charge is 0.382 e. The van der Waals surface area contributed by atoms with Crippen molar-refractivity contribution in [2.75, 3.05) is 13.7 Å². The highest BCUT2D eigenvalue weighted by Crippen LogP contribution is 2.33. The van der Waals surface area contributed by atoms with Crippen LogP contribution in [0.1, 0.15) is 25.1 Å². The van der Waals surface area contributed by atoms with E-state index in [-0.39, 0.29) is 30.0 Å². The van der Waals surface area contributed by atoms with Gasteiger partial charge in [0.2, 0.25) is 11.8 Å². The SMILES string of the molecule is COC[C@H](NC(=O)CC1=C(C)C2=C(C#N)NC=C[C]2NC1=O)c1ncc(F)cc1F. The zero-order valence-corrected chi connectivity index (χ0v) is 16.2. The monoisotopic (exact) mass is 414 g/mol. The molecule has 0 saturated carbocycles. The van der Waals surface area contributed by atoms with Gasteiger partial charge in [-0.1, -0.05) is 0 Å². The van der Waals surface area contributed by atoms with Crippen LogP contribution in [0.4, 0.5) is 8.78 Å². The number of dihydropyridines is 1. The number of nitriles is 1. The van der Waals surface area contributed by atoms with Gasteiger partial charge < -0.3 is 20.7 Å². The van der Waals surface area contributed by atoms with Crippen molar-refractivity contribution in [2.24, 2.45) is 0 Å². The molecule has 2 aliphatic heterocycles. The van der Waals surface area contributed by atoms with E-state index in [9.17, 15) is 23.6 Å². The first-order valence-corrected chi connectivity index (χ1v) is 8.91. The van der Waals surface area contributed by atoms with Gasteiger partial charge in [-0.25, -0.2) is 8.78 Å². The number of nitrogens with one attached hydrogen (secondary N) is 3. The number of hydrogen-bond donors (Lipinski definition) is 3. The number of carbonyl (C=O) groups excluding carboxylic acids is 2. The lowest BCUT2D eigenvalue weighted by atomic mass is 9.86. The van der Waals surface area contributed by atoms with Crippen LogP contribution in [0.15, 0.2) is 47.0 Å². The number of aromatic nitrogens is 1. The quantitative estimate of drug-likeness (QED) is 0.649. The summed E-state index contributed by atoms with van der Waals surface area (Å²) in [5.41, 5.74) is 1.21. The van der Waals surface area contributed by atoms with Crippen molar-refractivity contribution in [2.45, 2.75) is 19.4 Å². The van der Waals surface area contributed by atoms with Crippen molar-refractivity contribution >= 4 is 11.8 Å². The molecule has 1 atom stereocenters. The summed E-state index contributed by atoms with van der Waals surface area (Å²) in [6.07, 6.45) is 3.67. The fourth-order valence-corrected chi connectivity index (χ4v) is 3.26. The lowest BCUT2D eigenvalue weighted by molar-refractivity contribution is -0.124. The van der Waals surface area contributed by atoms with Crippen molar-refractivity contribution in [1.29, 1.82) is 5.26 Å². The van der Waals surface area contributed by atoms with E-state index in [0.29, 0.717) is 23.3 Å². The Kier molecular flexibility index (Phi) is 6.23. The summed E-state index contributed by atoms with van der Waals surface area (Å²) in [7, 11) is 1.36. The molecule has 0 bridgehead atoms. The minimum Gasteiger partial charge on any atom is -0.382 e. The number of ether oxygens (including phenoxy) is 1. The van der Waals surface area contributed by atoms with E-state index < -0.39 is 29.5 Å². The number of pyridine rings is 1. The van der Waals surface area contributed by atoms with Crippen LogP contribution in [0.2, 0.25) is 0 Å². The fraction of sp³-hybridized carbons (Fsp3) is 0.250. The van der Waals surface area contributed by atoms with Gasteiger partial charge in [-0.15, -0.1) is 0 Å². The number of nitrogens with zero attached hydrogens (tertiary/aromatic N) is 2. The number of halogens is 2. The number of allylic oxidation sites excluding steroid dienone is 1. The molecule has 0 aromatic carbocycles. The van der Waals surface area contributed by atoms with E-state index >= 15 is 0 Å². The molecular formula is C20H18F2N5O3. The smallest absolute Gasteiger partial charge is 0.249 e. The van der Waals surface area contributed by atoms with Crippen LogP contribution in [0, 0.1) is 29.0 Å². The van der Waals surface area contributed by atoms with Gasteiger partial charge in [0.1, 0.15) is 35.1 Å². The molecule has 2 amide bonds. The zero-order valence-electron chi connectivity index (χ0n) is 16.2. The molecule has 10 heteroatoms. The molecule has 3 N–H and O–H groups in total. The van der Waals surface area contributed by atoms with Crippen molar-refractivity contribution in [1.82, 2.24) is 20.9 Å². The van der Waals surface area contributed by atoms with Crippen LogP contribution in [0.5, 0.6) is 0 Å². The molecule has 0 unspecified atom stereocenters. The Morgan fingerprint density at radius 1 is 1.43 bits per heavy atom. The molecule has 3 rings (SSSR count). The van der Waals surface area contributed by atoms with Crippen molar-refractivity contribution < 1.29 is 23.1 Å². The highest BCUT2D eigenvalue weighted by molar-refractivity contribution is 6.03. The van der Waals surface area contributed by atoms with E-state index in [1.807, 2.05) is 6.07 Å². The second-order valence-corrected chi connectivity index (χ2v) is 6.58. The minimum absolute atomic E-state index is 0.109. The highest BCUT2D eigenvalue weighted by Gasteiger charge is 2.33. The molecule has 8 nitrogen and oxygen atoms in total. The maximum absolute atomic E-state index is 14.1. The van der Waals surface area contributed by atoms with Crippen molar-refractivity contribution in [3.63, 3.8) is 0 Å². The molecule has 2 aliphatic rings. The molecule has 155 valence electrons. The normalized spacial score (nSPS) is 17.1. The predicted octanol–water partition coefficient (Wildman–Crippen LogP) is 1.43. The Hall–Kier alpha value is -3.58. The van der Waals surface area contributed by atoms with Gasteiger partial charge in [0, 0.05) is 30.5 Å². The number of rotatable bonds is 6. The van der Waals surface area contributed by atoms with Crippen LogP contribution in [0.25, 0.3) is 0 Å². The standard InChI is InChI=1S/C20H18F2N5O3/c1-10-12(20(29)27-14-3-4-24-15(7-23)18(10)14)6-17(28)26-16(9-30-2)19-13(22)5-11(21)8-25-19/h3-5,8,16,24H,6,9H2,1-2H3,(H,26,28)(H,27,29)/t16-/m0/s1.